The molecule has 0 aromatic rings. The topological polar surface area (TPSA) is 57.6 Å². The van der Waals surface area contributed by atoms with Gasteiger partial charge in [-0.05, 0) is 25.2 Å². The van der Waals surface area contributed by atoms with Crippen LogP contribution in [0.5, 0.6) is 0 Å². The van der Waals surface area contributed by atoms with E-state index in [1.54, 1.807) is 0 Å². The first-order chi connectivity index (χ1) is 8.00. The smallest absolute Gasteiger partial charge is 0.229 e. The molecule has 0 spiro atoms. The lowest BCUT2D eigenvalue weighted by Gasteiger charge is -2.39. The van der Waals surface area contributed by atoms with Crippen molar-refractivity contribution >= 4 is 11.8 Å². The SMILES string of the molecule is CC1CCCC(O)(CN2C(=O)CCCC2=O)C1. The molecule has 4 heteroatoms. The summed E-state index contributed by atoms with van der Waals surface area (Å²) in [5.74, 6) is 0.240. The fraction of sp³-hybridized carbons (Fsp3) is 0.846. The van der Waals surface area contributed by atoms with E-state index >= 15 is 0 Å². The molecular formula is C13H21NO3. The molecule has 2 atom stereocenters. The van der Waals surface area contributed by atoms with Crippen LogP contribution < -0.4 is 0 Å². The number of β-amino-alcohol motifs (C(OH)–C–C–N with tert-alkyl or cyclic N) is 1. The molecule has 0 aromatic carbocycles. The van der Waals surface area contributed by atoms with Crippen LogP contribution in [0.3, 0.4) is 0 Å². The van der Waals surface area contributed by atoms with Crippen molar-refractivity contribution in [2.75, 3.05) is 6.54 Å². The number of piperidine rings is 1. The first kappa shape index (κ1) is 12.6. The van der Waals surface area contributed by atoms with Crippen LogP contribution in [-0.4, -0.2) is 34.0 Å². The van der Waals surface area contributed by atoms with Gasteiger partial charge in [0, 0.05) is 12.8 Å². The van der Waals surface area contributed by atoms with E-state index in [1.807, 2.05) is 0 Å². The van der Waals surface area contributed by atoms with Crippen molar-refractivity contribution in [2.45, 2.75) is 57.5 Å². The highest BCUT2D eigenvalue weighted by Gasteiger charge is 2.38. The van der Waals surface area contributed by atoms with Gasteiger partial charge in [-0.2, -0.15) is 0 Å². The summed E-state index contributed by atoms with van der Waals surface area (Å²) in [7, 11) is 0. The first-order valence-electron chi connectivity index (χ1n) is 6.56. The zero-order valence-electron chi connectivity index (χ0n) is 10.4. The Morgan fingerprint density at radius 2 is 1.94 bits per heavy atom. The van der Waals surface area contributed by atoms with E-state index in [0.717, 1.165) is 12.8 Å². The summed E-state index contributed by atoms with van der Waals surface area (Å²) in [5, 5.41) is 10.5. The summed E-state index contributed by atoms with van der Waals surface area (Å²) in [6.07, 6.45) is 5.05. The van der Waals surface area contributed by atoms with Gasteiger partial charge in [0.1, 0.15) is 0 Å². The molecule has 1 N–H and O–H groups in total. The number of aliphatic hydroxyl groups is 1. The number of likely N-dealkylation sites (tertiary alicyclic amines) is 1. The Bertz CT molecular complexity index is 313. The Labute approximate surface area is 102 Å². The molecule has 1 saturated carbocycles. The number of nitrogens with zero attached hydrogens (tertiary/aromatic N) is 1. The lowest BCUT2D eigenvalue weighted by atomic mass is 9.78. The molecule has 1 aliphatic heterocycles. The molecule has 17 heavy (non-hydrogen) atoms. The molecule has 0 bridgehead atoms. The third kappa shape index (κ3) is 2.86. The van der Waals surface area contributed by atoms with Crippen LogP contribution in [0, 0.1) is 5.92 Å². The predicted molar refractivity (Wildman–Crippen MR) is 63.2 cm³/mol. The van der Waals surface area contributed by atoms with Crippen LogP contribution >= 0.6 is 0 Å². The van der Waals surface area contributed by atoms with E-state index in [4.69, 9.17) is 0 Å². The van der Waals surface area contributed by atoms with Gasteiger partial charge < -0.3 is 5.11 Å². The minimum Gasteiger partial charge on any atom is -0.388 e. The average molecular weight is 239 g/mol. The highest BCUT2D eigenvalue weighted by atomic mass is 16.3. The third-order valence-corrected chi connectivity index (χ3v) is 3.90. The molecule has 0 aromatic heterocycles. The number of hydrogen-bond donors (Lipinski definition) is 1. The number of hydrogen-bond acceptors (Lipinski definition) is 3. The summed E-state index contributed by atoms with van der Waals surface area (Å²) in [6.45, 7) is 2.32. The van der Waals surface area contributed by atoms with Crippen LogP contribution in [0.15, 0.2) is 0 Å². The van der Waals surface area contributed by atoms with Gasteiger partial charge in [-0.3, -0.25) is 14.5 Å². The van der Waals surface area contributed by atoms with Crippen LogP contribution in [0.1, 0.15) is 51.9 Å². The van der Waals surface area contributed by atoms with Crippen LogP contribution in [0.2, 0.25) is 0 Å². The molecule has 2 rings (SSSR count). The Kier molecular flexibility index (Phi) is 3.52. The molecule has 4 nitrogen and oxygen atoms in total. The maximum atomic E-state index is 11.7. The van der Waals surface area contributed by atoms with E-state index in [2.05, 4.69) is 6.92 Å². The summed E-state index contributed by atoms with van der Waals surface area (Å²) < 4.78 is 0. The van der Waals surface area contributed by atoms with Crippen molar-refractivity contribution in [1.82, 2.24) is 4.90 Å². The van der Waals surface area contributed by atoms with Crippen LogP contribution in [0.25, 0.3) is 0 Å². The number of carbonyl (C=O) groups excluding carboxylic acids is 2. The standard InChI is InChI=1S/C13H21NO3/c1-10-4-3-7-13(17,8-10)9-14-11(15)5-2-6-12(14)16/h10,17H,2-9H2,1H3. The van der Waals surface area contributed by atoms with Gasteiger partial charge >= 0.3 is 0 Å². The molecule has 2 unspecified atom stereocenters. The summed E-state index contributed by atoms with van der Waals surface area (Å²) in [5.41, 5.74) is -0.847. The van der Waals surface area contributed by atoms with Crippen molar-refractivity contribution in [1.29, 1.82) is 0 Å². The fourth-order valence-electron chi connectivity index (χ4n) is 3.05. The molecule has 1 heterocycles. The van der Waals surface area contributed by atoms with Gasteiger partial charge in [-0.1, -0.05) is 19.8 Å². The molecule has 0 radical (unpaired) electrons. The summed E-state index contributed by atoms with van der Waals surface area (Å²) in [4.78, 5) is 24.7. The van der Waals surface area contributed by atoms with Crippen molar-refractivity contribution in [3.05, 3.63) is 0 Å². The first-order valence-corrected chi connectivity index (χ1v) is 6.56. The summed E-state index contributed by atoms with van der Waals surface area (Å²) in [6, 6.07) is 0. The number of amides is 2. The second-order valence-corrected chi connectivity index (χ2v) is 5.65. The highest BCUT2D eigenvalue weighted by molar-refractivity contribution is 5.97. The largest absolute Gasteiger partial charge is 0.388 e. The Hall–Kier alpha value is -0.900. The van der Waals surface area contributed by atoms with E-state index in [9.17, 15) is 14.7 Å². The molecule has 2 amide bonds. The molecule has 2 aliphatic rings. The number of rotatable bonds is 2. The molecule has 1 aliphatic carbocycles. The monoisotopic (exact) mass is 239 g/mol. The van der Waals surface area contributed by atoms with Crippen LogP contribution in [-0.2, 0) is 9.59 Å². The predicted octanol–water partition coefficient (Wildman–Crippen LogP) is 1.47. The molecule has 1 saturated heterocycles. The van der Waals surface area contributed by atoms with Gasteiger partial charge in [0.2, 0.25) is 11.8 Å². The Morgan fingerprint density at radius 1 is 1.29 bits per heavy atom. The Balaban J connectivity index is 2.03. The van der Waals surface area contributed by atoms with Crippen molar-refractivity contribution in [3.63, 3.8) is 0 Å². The Morgan fingerprint density at radius 3 is 2.53 bits per heavy atom. The highest BCUT2D eigenvalue weighted by Crippen LogP contribution is 2.33. The maximum Gasteiger partial charge on any atom is 0.229 e. The zero-order chi connectivity index (χ0) is 12.5. The quantitative estimate of drug-likeness (QED) is 0.742. The van der Waals surface area contributed by atoms with Gasteiger partial charge in [0.05, 0.1) is 12.1 Å². The second kappa shape index (κ2) is 4.77. The number of imide groups is 1. The fourth-order valence-corrected chi connectivity index (χ4v) is 3.05. The average Bonchev–Trinajstić information content (AvgIpc) is 2.23. The van der Waals surface area contributed by atoms with Gasteiger partial charge in [0.15, 0.2) is 0 Å². The van der Waals surface area contributed by atoms with Crippen molar-refractivity contribution in [3.8, 4) is 0 Å². The van der Waals surface area contributed by atoms with Crippen molar-refractivity contribution in [2.24, 2.45) is 5.92 Å². The van der Waals surface area contributed by atoms with Crippen molar-refractivity contribution < 1.29 is 14.7 Å². The molecule has 2 fully saturated rings. The summed E-state index contributed by atoms with van der Waals surface area (Å²) >= 11 is 0. The normalized spacial score (nSPS) is 35.2. The van der Waals surface area contributed by atoms with Gasteiger partial charge in [-0.15, -0.1) is 0 Å². The third-order valence-electron chi connectivity index (χ3n) is 3.90. The molecular weight excluding hydrogens is 218 g/mol. The lowest BCUT2D eigenvalue weighted by Crippen LogP contribution is -2.51. The minimum atomic E-state index is -0.847. The lowest BCUT2D eigenvalue weighted by molar-refractivity contribution is -0.153. The molecule has 96 valence electrons. The van der Waals surface area contributed by atoms with E-state index in [1.165, 1.54) is 4.90 Å². The second-order valence-electron chi connectivity index (χ2n) is 5.65. The van der Waals surface area contributed by atoms with E-state index in [-0.39, 0.29) is 18.4 Å². The van der Waals surface area contributed by atoms with Gasteiger partial charge in [-0.25, -0.2) is 0 Å². The van der Waals surface area contributed by atoms with E-state index in [0.29, 0.717) is 38.0 Å². The zero-order valence-corrected chi connectivity index (χ0v) is 10.4. The van der Waals surface area contributed by atoms with E-state index < -0.39 is 5.60 Å². The van der Waals surface area contributed by atoms with Crippen LogP contribution in [0.4, 0.5) is 0 Å². The minimum absolute atomic E-state index is 0.118. The van der Waals surface area contributed by atoms with Gasteiger partial charge in [0.25, 0.3) is 0 Å². The number of carbonyl (C=O) groups is 2. The maximum absolute atomic E-state index is 11.7.